The van der Waals surface area contributed by atoms with Crippen molar-refractivity contribution in [2.45, 2.75) is 25.9 Å². The number of para-hydroxylation sites is 2. The molecule has 26 heavy (non-hydrogen) atoms. The van der Waals surface area contributed by atoms with Gasteiger partial charge >= 0.3 is 0 Å². The molecule has 5 heteroatoms. The molecular weight excluding hydrogens is 350 g/mol. The third kappa shape index (κ3) is 4.13. The van der Waals surface area contributed by atoms with Gasteiger partial charge < -0.3 is 14.4 Å². The van der Waals surface area contributed by atoms with E-state index in [4.69, 9.17) is 21.1 Å². The molecular formula is C21H24ClNO3. The van der Waals surface area contributed by atoms with Crippen LogP contribution in [0.25, 0.3) is 0 Å². The van der Waals surface area contributed by atoms with Crippen LogP contribution in [0.3, 0.4) is 0 Å². The zero-order valence-corrected chi connectivity index (χ0v) is 16.1. The Morgan fingerprint density at radius 2 is 1.81 bits per heavy atom. The number of amides is 1. The molecule has 0 aliphatic carbocycles. The number of carbonyl (C=O) groups excluding carboxylic acids is 1. The summed E-state index contributed by atoms with van der Waals surface area (Å²) < 4.78 is 11.7. The molecule has 0 unspecified atom stereocenters. The molecule has 0 saturated heterocycles. The van der Waals surface area contributed by atoms with Gasteiger partial charge in [0.1, 0.15) is 6.61 Å². The van der Waals surface area contributed by atoms with Gasteiger partial charge in [0.15, 0.2) is 17.6 Å². The Hall–Kier alpha value is -2.20. The van der Waals surface area contributed by atoms with E-state index in [1.165, 1.54) is 0 Å². The van der Waals surface area contributed by atoms with Crippen LogP contribution in [0.15, 0.2) is 48.5 Å². The highest BCUT2D eigenvalue weighted by Crippen LogP contribution is 2.32. The highest BCUT2D eigenvalue weighted by atomic mass is 35.5. The van der Waals surface area contributed by atoms with Crippen LogP contribution in [0.5, 0.6) is 11.5 Å². The zero-order chi connectivity index (χ0) is 18.7. The van der Waals surface area contributed by atoms with Crippen molar-refractivity contribution < 1.29 is 14.3 Å². The minimum atomic E-state index is -0.214. The lowest BCUT2D eigenvalue weighted by molar-refractivity contribution is -0.134. The van der Waals surface area contributed by atoms with Crippen LogP contribution >= 0.6 is 11.6 Å². The lowest BCUT2D eigenvalue weighted by Gasteiger charge is -2.32. The number of nitrogens with zero attached hydrogens (tertiary/aromatic N) is 1. The molecule has 3 rings (SSSR count). The SMILES string of the molecule is CC(C)[C@H](C(=O)N(C)C[C@@H]1COc2ccccc2O1)c1ccc(Cl)cc1. The van der Waals surface area contributed by atoms with Crippen molar-refractivity contribution in [3.63, 3.8) is 0 Å². The largest absolute Gasteiger partial charge is 0.486 e. The van der Waals surface area contributed by atoms with E-state index in [2.05, 4.69) is 13.8 Å². The predicted molar refractivity (Wildman–Crippen MR) is 103 cm³/mol. The quantitative estimate of drug-likeness (QED) is 0.780. The first kappa shape index (κ1) is 18.6. The molecule has 1 amide bonds. The first-order valence-electron chi connectivity index (χ1n) is 8.84. The Labute approximate surface area is 159 Å². The van der Waals surface area contributed by atoms with E-state index in [1.54, 1.807) is 4.90 Å². The molecule has 138 valence electrons. The average molecular weight is 374 g/mol. The van der Waals surface area contributed by atoms with Crippen LogP contribution in [0.2, 0.25) is 5.02 Å². The van der Waals surface area contributed by atoms with E-state index in [1.807, 2.05) is 55.6 Å². The predicted octanol–water partition coefficient (Wildman–Crippen LogP) is 4.38. The number of fused-ring (bicyclic) bond motifs is 1. The number of hydrogen-bond acceptors (Lipinski definition) is 3. The van der Waals surface area contributed by atoms with Gasteiger partial charge in [-0.05, 0) is 35.7 Å². The highest BCUT2D eigenvalue weighted by molar-refractivity contribution is 6.30. The van der Waals surface area contributed by atoms with Gasteiger partial charge in [0.2, 0.25) is 5.91 Å². The molecule has 1 aliphatic rings. The van der Waals surface area contributed by atoms with E-state index in [9.17, 15) is 4.79 Å². The lowest BCUT2D eigenvalue weighted by Crippen LogP contribution is -2.44. The third-order valence-electron chi connectivity index (χ3n) is 4.58. The van der Waals surface area contributed by atoms with Gasteiger partial charge in [-0.2, -0.15) is 0 Å². The second kappa shape index (κ2) is 8.00. The zero-order valence-electron chi connectivity index (χ0n) is 15.3. The van der Waals surface area contributed by atoms with Crippen molar-refractivity contribution in [3.05, 3.63) is 59.1 Å². The molecule has 1 heterocycles. The summed E-state index contributed by atoms with van der Waals surface area (Å²) in [5.41, 5.74) is 0.979. The van der Waals surface area contributed by atoms with Crippen LogP contribution in [0.4, 0.5) is 0 Å². The number of ether oxygens (including phenoxy) is 2. The third-order valence-corrected chi connectivity index (χ3v) is 4.84. The number of hydrogen-bond donors (Lipinski definition) is 0. The maximum atomic E-state index is 13.1. The maximum Gasteiger partial charge on any atom is 0.230 e. The normalized spacial score (nSPS) is 17.0. The topological polar surface area (TPSA) is 38.8 Å². The first-order chi connectivity index (χ1) is 12.5. The van der Waals surface area contributed by atoms with Crippen molar-refractivity contribution in [2.75, 3.05) is 20.2 Å². The number of benzene rings is 2. The highest BCUT2D eigenvalue weighted by Gasteiger charge is 2.30. The van der Waals surface area contributed by atoms with E-state index in [0.29, 0.717) is 18.2 Å². The van der Waals surface area contributed by atoms with Crippen molar-refractivity contribution >= 4 is 17.5 Å². The van der Waals surface area contributed by atoms with Crippen molar-refractivity contribution in [2.24, 2.45) is 5.92 Å². The standard InChI is InChI=1S/C21H24ClNO3/c1-14(2)20(15-8-10-16(22)11-9-15)21(24)23(3)12-17-13-25-18-6-4-5-7-19(18)26-17/h4-11,14,17,20H,12-13H2,1-3H3/t17-,20+/m1/s1. The molecule has 0 N–H and O–H groups in total. The maximum absolute atomic E-state index is 13.1. The van der Waals surface area contributed by atoms with Crippen LogP contribution in [0.1, 0.15) is 25.3 Å². The van der Waals surface area contributed by atoms with E-state index in [0.717, 1.165) is 17.1 Å². The van der Waals surface area contributed by atoms with Crippen molar-refractivity contribution in [3.8, 4) is 11.5 Å². The average Bonchev–Trinajstić information content (AvgIpc) is 2.63. The summed E-state index contributed by atoms with van der Waals surface area (Å²) in [6, 6.07) is 15.1. The van der Waals surface area contributed by atoms with Gasteiger partial charge in [-0.25, -0.2) is 0 Å². The van der Waals surface area contributed by atoms with Gasteiger partial charge in [-0.3, -0.25) is 4.79 Å². The molecule has 0 spiro atoms. The molecule has 2 aromatic carbocycles. The summed E-state index contributed by atoms with van der Waals surface area (Å²) in [6.45, 7) is 5.02. The second-order valence-electron chi connectivity index (χ2n) is 6.99. The van der Waals surface area contributed by atoms with Gasteiger partial charge in [-0.1, -0.05) is 49.7 Å². The molecule has 0 saturated carbocycles. The molecule has 0 radical (unpaired) electrons. The minimum Gasteiger partial charge on any atom is -0.486 e. The molecule has 4 nitrogen and oxygen atoms in total. The Balaban J connectivity index is 1.69. The van der Waals surface area contributed by atoms with E-state index >= 15 is 0 Å². The van der Waals surface area contributed by atoms with E-state index < -0.39 is 0 Å². The monoisotopic (exact) mass is 373 g/mol. The second-order valence-corrected chi connectivity index (χ2v) is 7.43. The number of carbonyl (C=O) groups is 1. The fourth-order valence-corrected chi connectivity index (χ4v) is 3.39. The summed E-state index contributed by atoms with van der Waals surface area (Å²) in [7, 11) is 1.82. The molecule has 2 aromatic rings. The van der Waals surface area contributed by atoms with Crippen molar-refractivity contribution in [1.82, 2.24) is 4.90 Å². The number of halogens is 1. The summed E-state index contributed by atoms with van der Waals surface area (Å²) in [5.74, 6) is 1.51. The molecule has 2 atom stereocenters. The fraction of sp³-hybridized carbons (Fsp3) is 0.381. The van der Waals surface area contributed by atoms with E-state index in [-0.39, 0.29) is 23.8 Å². The van der Waals surface area contributed by atoms with Crippen LogP contribution < -0.4 is 9.47 Å². The minimum absolute atomic E-state index is 0.0739. The van der Waals surface area contributed by atoms with Crippen molar-refractivity contribution in [1.29, 1.82) is 0 Å². The summed E-state index contributed by atoms with van der Waals surface area (Å²) in [6.07, 6.45) is -0.183. The molecule has 1 aliphatic heterocycles. The Kier molecular flexibility index (Phi) is 5.72. The molecule has 0 fully saturated rings. The number of likely N-dealkylation sites (N-methyl/N-ethyl adjacent to an activating group) is 1. The fourth-order valence-electron chi connectivity index (χ4n) is 3.27. The smallest absolute Gasteiger partial charge is 0.230 e. The Bertz CT molecular complexity index is 760. The van der Waals surface area contributed by atoms with Gasteiger partial charge in [0.05, 0.1) is 12.5 Å². The van der Waals surface area contributed by atoms with Crippen LogP contribution in [0, 0.1) is 5.92 Å². The first-order valence-corrected chi connectivity index (χ1v) is 9.22. The molecule has 0 bridgehead atoms. The van der Waals surface area contributed by atoms with Gasteiger partial charge in [-0.15, -0.1) is 0 Å². The van der Waals surface area contributed by atoms with Crippen LogP contribution in [-0.4, -0.2) is 37.1 Å². The lowest BCUT2D eigenvalue weighted by atomic mass is 9.87. The Morgan fingerprint density at radius 3 is 2.46 bits per heavy atom. The summed E-state index contributed by atoms with van der Waals surface area (Å²) >= 11 is 5.98. The van der Waals surface area contributed by atoms with Gasteiger partial charge in [0, 0.05) is 12.1 Å². The van der Waals surface area contributed by atoms with Gasteiger partial charge in [0.25, 0.3) is 0 Å². The summed E-state index contributed by atoms with van der Waals surface area (Å²) in [4.78, 5) is 14.8. The Morgan fingerprint density at radius 1 is 1.15 bits per heavy atom. The number of rotatable bonds is 5. The molecule has 0 aromatic heterocycles. The summed E-state index contributed by atoms with van der Waals surface area (Å²) in [5, 5.41) is 0.670. The van der Waals surface area contributed by atoms with Crippen LogP contribution in [-0.2, 0) is 4.79 Å².